The van der Waals surface area contributed by atoms with Crippen molar-refractivity contribution in [3.63, 3.8) is 0 Å². The van der Waals surface area contributed by atoms with E-state index in [4.69, 9.17) is 9.84 Å². The van der Waals surface area contributed by atoms with E-state index in [-0.39, 0.29) is 6.61 Å². The van der Waals surface area contributed by atoms with Crippen molar-refractivity contribution in [1.82, 2.24) is 20.3 Å². The third-order valence-corrected chi connectivity index (χ3v) is 2.99. The van der Waals surface area contributed by atoms with E-state index in [1.54, 1.807) is 24.5 Å². The van der Waals surface area contributed by atoms with E-state index in [1.165, 1.54) is 0 Å². The molecule has 0 aliphatic heterocycles. The Labute approximate surface area is 146 Å². The lowest BCUT2D eigenvalue weighted by molar-refractivity contribution is 0.0530. The molecule has 0 aromatic carbocycles. The van der Waals surface area contributed by atoms with Crippen molar-refractivity contribution >= 4 is 11.8 Å². The molecular formula is C17H23N5O3. The number of hydrogen-bond acceptors (Lipinski definition) is 7. The molecule has 8 heteroatoms. The number of alkyl carbamates (subject to hydrolysis) is 1. The second-order valence-electron chi connectivity index (χ2n) is 6.32. The number of aliphatic hydroxyl groups is 1. The maximum absolute atomic E-state index is 11.5. The zero-order chi connectivity index (χ0) is 18.3. The second-order valence-corrected chi connectivity index (χ2v) is 6.32. The first-order valence-electron chi connectivity index (χ1n) is 7.97. The highest BCUT2D eigenvalue weighted by Gasteiger charge is 2.15. The van der Waals surface area contributed by atoms with Gasteiger partial charge in [0.25, 0.3) is 0 Å². The normalized spacial score (nSPS) is 11.0. The Kier molecular flexibility index (Phi) is 6.24. The molecule has 2 heterocycles. The molecule has 0 atom stereocenters. The van der Waals surface area contributed by atoms with Crippen molar-refractivity contribution in [2.45, 2.75) is 33.0 Å². The zero-order valence-electron chi connectivity index (χ0n) is 14.6. The first kappa shape index (κ1) is 18.6. The molecule has 0 aliphatic rings. The molecule has 0 saturated carbocycles. The largest absolute Gasteiger partial charge is 0.444 e. The molecular weight excluding hydrogens is 322 g/mol. The molecule has 2 rings (SSSR count). The predicted octanol–water partition coefficient (Wildman–Crippen LogP) is 1.97. The van der Waals surface area contributed by atoms with Crippen LogP contribution in [-0.2, 0) is 11.3 Å². The van der Waals surface area contributed by atoms with Gasteiger partial charge in [0.2, 0.25) is 0 Å². The van der Waals surface area contributed by atoms with Gasteiger partial charge in [-0.1, -0.05) is 0 Å². The van der Waals surface area contributed by atoms with E-state index < -0.39 is 11.7 Å². The Morgan fingerprint density at radius 2 is 2.00 bits per heavy atom. The number of anilines is 1. The maximum Gasteiger partial charge on any atom is 0.407 e. The van der Waals surface area contributed by atoms with Crippen molar-refractivity contribution in [3.8, 4) is 11.5 Å². The zero-order valence-corrected chi connectivity index (χ0v) is 14.6. The highest BCUT2D eigenvalue weighted by atomic mass is 16.6. The van der Waals surface area contributed by atoms with Gasteiger partial charge in [-0.05, 0) is 39.0 Å². The van der Waals surface area contributed by atoms with E-state index >= 15 is 0 Å². The Morgan fingerprint density at radius 3 is 2.64 bits per heavy atom. The van der Waals surface area contributed by atoms with Crippen LogP contribution in [0.5, 0.6) is 0 Å². The van der Waals surface area contributed by atoms with Gasteiger partial charge in [-0.2, -0.15) is 0 Å². The smallest absolute Gasteiger partial charge is 0.407 e. The van der Waals surface area contributed by atoms with Gasteiger partial charge in [-0.15, -0.1) is 0 Å². The molecule has 3 N–H and O–H groups in total. The molecule has 134 valence electrons. The number of nitrogens with zero attached hydrogens (tertiary/aromatic N) is 3. The lowest BCUT2D eigenvalue weighted by Gasteiger charge is -2.19. The third-order valence-electron chi connectivity index (χ3n) is 2.99. The fourth-order valence-electron chi connectivity index (χ4n) is 1.92. The first-order valence-corrected chi connectivity index (χ1v) is 7.97. The van der Waals surface area contributed by atoms with Gasteiger partial charge in [0.05, 0.1) is 24.2 Å². The molecule has 0 spiro atoms. The van der Waals surface area contributed by atoms with Gasteiger partial charge in [0.15, 0.2) is 5.82 Å². The Balaban J connectivity index is 1.81. The van der Waals surface area contributed by atoms with Crippen LogP contribution in [0.1, 0.15) is 26.5 Å². The lowest BCUT2D eigenvalue weighted by atomic mass is 10.2. The molecule has 0 radical (unpaired) electrons. The standard InChI is InChI=1S/C17H23N5O3/c1-17(2,3)25-16(24)20-9-8-18-12-4-5-14(21-10-12)15-19-7-6-13(11-23)22-15/h4-7,10,18,23H,8-9,11H2,1-3H3,(H,20,24). The summed E-state index contributed by atoms with van der Waals surface area (Å²) in [5.41, 5.74) is 1.47. The number of carbonyl (C=O) groups is 1. The molecule has 0 unspecified atom stereocenters. The van der Waals surface area contributed by atoms with Gasteiger partial charge in [0, 0.05) is 19.3 Å². The van der Waals surface area contributed by atoms with Crippen LogP contribution in [0, 0.1) is 0 Å². The summed E-state index contributed by atoms with van der Waals surface area (Å²) < 4.78 is 5.15. The SMILES string of the molecule is CC(C)(C)OC(=O)NCCNc1ccc(-c2nccc(CO)n2)nc1. The number of hydrogen-bond donors (Lipinski definition) is 3. The summed E-state index contributed by atoms with van der Waals surface area (Å²) in [5.74, 6) is 0.463. The summed E-state index contributed by atoms with van der Waals surface area (Å²) in [6.07, 6.45) is 2.81. The summed E-state index contributed by atoms with van der Waals surface area (Å²) in [7, 11) is 0. The van der Waals surface area contributed by atoms with E-state index in [0.717, 1.165) is 5.69 Å². The van der Waals surface area contributed by atoms with Crippen LogP contribution in [0.2, 0.25) is 0 Å². The van der Waals surface area contributed by atoms with E-state index in [1.807, 2.05) is 26.8 Å². The van der Waals surface area contributed by atoms with Crippen molar-refractivity contribution in [2.24, 2.45) is 0 Å². The number of amides is 1. The summed E-state index contributed by atoms with van der Waals surface area (Å²) in [6.45, 7) is 6.28. The summed E-state index contributed by atoms with van der Waals surface area (Å²) in [6, 6.07) is 5.29. The van der Waals surface area contributed by atoms with Crippen molar-refractivity contribution < 1.29 is 14.6 Å². The molecule has 1 amide bonds. The van der Waals surface area contributed by atoms with Crippen LogP contribution in [0.4, 0.5) is 10.5 Å². The fourth-order valence-corrected chi connectivity index (χ4v) is 1.92. The minimum atomic E-state index is -0.507. The third kappa shape index (κ3) is 6.34. The highest BCUT2D eigenvalue weighted by molar-refractivity contribution is 5.67. The molecule has 25 heavy (non-hydrogen) atoms. The van der Waals surface area contributed by atoms with Crippen molar-refractivity contribution in [2.75, 3.05) is 18.4 Å². The number of ether oxygens (including phenoxy) is 1. The van der Waals surface area contributed by atoms with Gasteiger partial charge in [-0.25, -0.2) is 14.8 Å². The van der Waals surface area contributed by atoms with E-state index in [0.29, 0.717) is 30.3 Å². The molecule has 0 saturated heterocycles. The number of pyridine rings is 1. The number of carbonyl (C=O) groups excluding carboxylic acids is 1. The molecule has 2 aromatic heterocycles. The molecule has 0 fully saturated rings. The lowest BCUT2D eigenvalue weighted by Crippen LogP contribution is -2.34. The van der Waals surface area contributed by atoms with Crippen molar-refractivity contribution in [3.05, 3.63) is 36.3 Å². The van der Waals surface area contributed by atoms with Gasteiger partial charge in [0.1, 0.15) is 11.3 Å². The van der Waals surface area contributed by atoms with Crippen LogP contribution in [-0.4, -0.2) is 44.8 Å². The van der Waals surface area contributed by atoms with Gasteiger partial charge < -0.3 is 20.5 Å². The predicted molar refractivity (Wildman–Crippen MR) is 93.9 cm³/mol. The number of aromatic nitrogens is 3. The molecule has 0 aliphatic carbocycles. The Morgan fingerprint density at radius 1 is 1.20 bits per heavy atom. The van der Waals surface area contributed by atoms with Crippen LogP contribution in [0.3, 0.4) is 0 Å². The van der Waals surface area contributed by atoms with Crippen LogP contribution in [0.25, 0.3) is 11.5 Å². The number of rotatable bonds is 6. The summed E-state index contributed by atoms with van der Waals surface area (Å²) in [4.78, 5) is 24.2. The minimum absolute atomic E-state index is 0.139. The van der Waals surface area contributed by atoms with Gasteiger partial charge in [-0.3, -0.25) is 4.98 Å². The monoisotopic (exact) mass is 345 g/mol. The van der Waals surface area contributed by atoms with E-state index in [9.17, 15) is 4.79 Å². The van der Waals surface area contributed by atoms with Crippen molar-refractivity contribution in [1.29, 1.82) is 0 Å². The Hall–Kier alpha value is -2.74. The van der Waals surface area contributed by atoms with Crippen LogP contribution < -0.4 is 10.6 Å². The van der Waals surface area contributed by atoms with Crippen LogP contribution in [0.15, 0.2) is 30.6 Å². The quantitative estimate of drug-likeness (QED) is 0.687. The molecule has 8 nitrogen and oxygen atoms in total. The topological polar surface area (TPSA) is 109 Å². The minimum Gasteiger partial charge on any atom is -0.444 e. The van der Waals surface area contributed by atoms with E-state index in [2.05, 4.69) is 25.6 Å². The van der Waals surface area contributed by atoms with Gasteiger partial charge >= 0.3 is 6.09 Å². The second kappa shape index (κ2) is 8.39. The summed E-state index contributed by atoms with van der Waals surface area (Å²) in [5, 5.41) is 14.9. The van der Waals surface area contributed by atoms with Crippen LogP contribution >= 0.6 is 0 Å². The molecule has 0 bridgehead atoms. The average Bonchev–Trinajstić information content (AvgIpc) is 2.58. The fraction of sp³-hybridized carbons (Fsp3) is 0.412. The Bertz CT molecular complexity index is 698. The summed E-state index contributed by atoms with van der Waals surface area (Å²) >= 11 is 0. The number of aliphatic hydroxyl groups excluding tert-OH is 1. The highest BCUT2D eigenvalue weighted by Crippen LogP contribution is 2.14. The number of nitrogens with one attached hydrogen (secondary N) is 2. The average molecular weight is 345 g/mol. The maximum atomic E-state index is 11.5. The first-order chi connectivity index (χ1) is 11.9. The molecule has 2 aromatic rings.